The van der Waals surface area contributed by atoms with Crippen LogP contribution in [0.2, 0.25) is 0 Å². The molecular formula is C13H15N3. The Morgan fingerprint density at radius 2 is 1.56 bits per heavy atom. The fourth-order valence-electron chi connectivity index (χ4n) is 1.64. The van der Waals surface area contributed by atoms with E-state index in [1.165, 1.54) is 5.56 Å². The standard InChI is InChI=1S/C13H15N3/c1-8-4-6-11(7-5-8)12-9(2)13(14)16-10(3)15-12/h4-7H,1-3H3,(H2,14,15,16). The number of nitrogen functional groups attached to an aromatic ring is 1. The molecule has 82 valence electrons. The Labute approximate surface area is 95.4 Å². The highest BCUT2D eigenvalue weighted by atomic mass is 14.9. The summed E-state index contributed by atoms with van der Waals surface area (Å²) in [6.07, 6.45) is 0. The summed E-state index contributed by atoms with van der Waals surface area (Å²) in [6.45, 7) is 5.87. The summed E-state index contributed by atoms with van der Waals surface area (Å²) in [7, 11) is 0. The highest BCUT2D eigenvalue weighted by Crippen LogP contribution is 2.24. The van der Waals surface area contributed by atoms with E-state index >= 15 is 0 Å². The number of hydrogen-bond donors (Lipinski definition) is 1. The molecule has 0 fully saturated rings. The second-order valence-corrected chi connectivity index (χ2v) is 4.00. The summed E-state index contributed by atoms with van der Waals surface area (Å²) in [6, 6.07) is 8.26. The van der Waals surface area contributed by atoms with Crippen molar-refractivity contribution >= 4 is 5.82 Å². The van der Waals surface area contributed by atoms with Gasteiger partial charge in [0.25, 0.3) is 0 Å². The van der Waals surface area contributed by atoms with Crippen LogP contribution in [0.25, 0.3) is 11.3 Å². The lowest BCUT2D eigenvalue weighted by Gasteiger charge is -2.08. The summed E-state index contributed by atoms with van der Waals surface area (Å²) in [5, 5.41) is 0. The van der Waals surface area contributed by atoms with Crippen LogP contribution in [0.5, 0.6) is 0 Å². The van der Waals surface area contributed by atoms with Crippen molar-refractivity contribution in [1.29, 1.82) is 0 Å². The topological polar surface area (TPSA) is 51.8 Å². The first-order chi connectivity index (χ1) is 7.58. The van der Waals surface area contributed by atoms with Crippen LogP contribution in [0.1, 0.15) is 17.0 Å². The minimum atomic E-state index is 0.558. The van der Waals surface area contributed by atoms with Gasteiger partial charge in [0.1, 0.15) is 11.6 Å². The van der Waals surface area contributed by atoms with Gasteiger partial charge in [0.05, 0.1) is 5.69 Å². The van der Waals surface area contributed by atoms with Crippen LogP contribution in [0.3, 0.4) is 0 Å². The van der Waals surface area contributed by atoms with Crippen LogP contribution in [0.15, 0.2) is 24.3 Å². The van der Waals surface area contributed by atoms with E-state index in [0.717, 1.165) is 16.8 Å². The van der Waals surface area contributed by atoms with Crippen molar-refractivity contribution in [2.45, 2.75) is 20.8 Å². The zero-order valence-electron chi connectivity index (χ0n) is 9.78. The van der Waals surface area contributed by atoms with Crippen molar-refractivity contribution in [3.63, 3.8) is 0 Å². The highest BCUT2D eigenvalue weighted by Gasteiger charge is 2.08. The highest BCUT2D eigenvalue weighted by molar-refractivity contribution is 5.67. The van der Waals surface area contributed by atoms with Crippen LogP contribution >= 0.6 is 0 Å². The van der Waals surface area contributed by atoms with Crippen LogP contribution in [0.4, 0.5) is 5.82 Å². The van der Waals surface area contributed by atoms with Gasteiger partial charge in [-0.3, -0.25) is 0 Å². The lowest BCUT2D eigenvalue weighted by Crippen LogP contribution is -2.01. The monoisotopic (exact) mass is 213 g/mol. The number of anilines is 1. The molecule has 3 heteroatoms. The van der Waals surface area contributed by atoms with Crippen molar-refractivity contribution in [1.82, 2.24) is 9.97 Å². The SMILES string of the molecule is Cc1ccc(-c2nc(C)nc(N)c2C)cc1. The van der Waals surface area contributed by atoms with Crippen LogP contribution in [-0.4, -0.2) is 9.97 Å². The Balaban J connectivity index is 2.59. The van der Waals surface area contributed by atoms with Crippen molar-refractivity contribution in [3.8, 4) is 11.3 Å². The molecule has 1 aromatic heterocycles. The fraction of sp³-hybridized carbons (Fsp3) is 0.231. The lowest BCUT2D eigenvalue weighted by molar-refractivity contribution is 1.05. The Kier molecular flexibility index (Phi) is 2.60. The van der Waals surface area contributed by atoms with Gasteiger partial charge in [-0.1, -0.05) is 29.8 Å². The Bertz CT molecular complexity index is 515. The molecule has 0 aliphatic rings. The normalized spacial score (nSPS) is 10.4. The van der Waals surface area contributed by atoms with E-state index in [9.17, 15) is 0 Å². The van der Waals surface area contributed by atoms with Gasteiger partial charge in [0.15, 0.2) is 0 Å². The molecule has 0 amide bonds. The van der Waals surface area contributed by atoms with E-state index in [1.807, 2.05) is 13.8 Å². The third-order valence-electron chi connectivity index (χ3n) is 2.62. The molecule has 16 heavy (non-hydrogen) atoms. The van der Waals surface area contributed by atoms with Gasteiger partial charge < -0.3 is 5.73 Å². The number of aromatic nitrogens is 2. The molecule has 0 aliphatic heterocycles. The molecule has 0 saturated heterocycles. The van der Waals surface area contributed by atoms with E-state index in [2.05, 4.69) is 41.2 Å². The van der Waals surface area contributed by atoms with Crippen molar-refractivity contribution in [2.75, 3.05) is 5.73 Å². The van der Waals surface area contributed by atoms with E-state index in [4.69, 9.17) is 5.73 Å². The Morgan fingerprint density at radius 1 is 0.938 bits per heavy atom. The number of aryl methyl sites for hydroxylation is 2. The molecule has 0 saturated carbocycles. The first-order valence-corrected chi connectivity index (χ1v) is 5.25. The first kappa shape index (κ1) is 10.6. The molecule has 2 aromatic rings. The van der Waals surface area contributed by atoms with Gasteiger partial charge in [-0.25, -0.2) is 9.97 Å². The third kappa shape index (κ3) is 1.89. The van der Waals surface area contributed by atoms with Crippen LogP contribution in [-0.2, 0) is 0 Å². The van der Waals surface area contributed by atoms with Gasteiger partial charge >= 0.3 is 0 Å². The molecule has 0 bridgehead atoms. The zero-order chi connectivity index (χ0) is 11.7. The van der Waals surface area contributed by atoms with Crippen molar-refractivity contribution < 1.29 is 0 Å². The van der Waals surface area contributed by atoms with Gasteiger partial charge in [0.2, 0.25) is 0 Å². The summed E-state index contributed by atoms with van der Waals surface area (Å²) in [5.41, 5.74) is 10.0. The average molecular weight is 213 g/mol. The number of benzene rings is 1. The molecule has 2 rings (SSSR count). The second-order valence-electron chi connectivity index (χ2n) is 4.00. The molecule has 0 aliphatic carbocycles. The predicted octanol–water partition coefficient (Wildman–Crippen LogP) is 2.65. The molecule has 3 nitrogen and oxygen atoms in total. The number of nitrogens with zero attached hydrogens (tertiary/aromatic N) is 2. The number of hydrogen-bond acceptors (Lipinski definition) is 3. The molecular weight excluding hydrogens is 198 g/mol. The second kappa shape index (κ2) is 3.93. The fourth-order valence-corrected chi connectivity index (χ4v) is 1.64. The van der Waals surface area contributed by atoms with E-state index in [0.29, 0.717) is 11.6 Å². The minimum absolute atomic E-state index is 0.558. The first-order valence-electron chi connectivity index (χ1n) is 5.25. The maximum absolute atomic E-state index is 5.84. The molecule has 2 N–H and O–H groups in total. The Hall–Kier alpha value is -1.90. The molecule has 1 aromatic carbocycles. The van der Waals surface area contributed by atoms with Crippen molar-refractivity contribution in [3.05, 3.63) is 41.2 Å². The van der Waals surface area contributed by atoms with Crippen molar-refractivity contribution in [2.24, 2.45) is 0 Å². The minimum Gasteiger partial charge on any atom is -0.383 e. The largest absolute Gasteiger partial charge is 0.383 e. The summed E-state index contributed by atoms with van der Waals surface area (Å²) < 4.78 is 0. The van der Waals surface area contributed by atoms with E-state index in [-0.39, 0.29) is 0 Å². The van der Waals surface area contributed by atoms with E-state index in [1.54, 1.807) is 0 Å². The molecule has 0 unspecified atom stereocenters. The number of rotatable bonds is 1. The van der Waals surface area contributed by atoms with Gasteiger partial charge in [-0.15, -0.1) is 0 Å². The predicted molar refractivity (Wildman–Crippen MR) is 66.1 cm³/mol. The average Bonchev–Trinajstić information content (AvgIpc) is 2.25. The maximum atomic E-state index is 5.84. The summed E-state index contributed by atoms with van der Waals surface area (Å²) in [4.78, 5) is 8.59. The van der Waals surface area contributed by atoms with Gasteiger partial charge in [-0.2, -0.15) is 0 Å². The molecule has 0 atom stereocenters. The van der Waals surface area contributed by atoms with E-state index < -0.39 is 0 Å². The lowest BCUT2D eigenvalue weighted by atomic mass is 10.1. The van der Waals surface area contributed by atoms with Gasteiger partial charge in [0, 0.05) is 11.1 Å². The van der Waals surface area contributed by atoms with Crippen LogP contribution in [0, 0.1) is 20.8 Å². The molecule has 0 radical (unpaired) electrons. The summed E-state index contributed by atoms with van der Waals surface area (Å²) >= 11 is 0. The van der Waals surface area contributed by atoms with Crippen LogP contribution < -0.4 is 5.73 Å². The maximum Gasteiger partial charge on any atom is 0.130 e. The Morgan fingerprint density at radius 3 is 2.19 bits per heavy atom. The summed E-state index contributed by atoms with van der Waals surface area (Å²) in [5.74, 6) is 1.27. The van der Waals surface area contributed by atoms with Gasteiger partial charge in [-0.05, 0) is 20.8 Å². The molecule has 0 spiro atoms. The quantitative estimate of drug-likeness (QED) is 0.792. The third-order valence-corrected chi connectivity index (χ3v) is 2.62. The zero-order valence-corrected chi connectivity index (χ0v) is 9.78. The molecule has 1 heterocycles. The smallest absolute Gasteiger partial charge is 0.130 e. The number of nitrogens with two attached hydrogens (primary N) is 1.